The van der Waals surface area contributed by atoms with Gasteiger partial charge < -0.3 is 20.5 Å². The molecule has 7 heteroatoms. The van der Waals surface area contributed by atoms with E-state index in [0.717, 1.165) is 24.0 Å². The monoisotopic (exact) mass is 520 g/mol. The number of rotatable bonds is 18. The van der Waals surface area contributed by atoms with Crippen LogP contribution in [0.15, 0.2) is 86.0 Å². The Balaban J connectivity index is 1.95. The lowest BCUT2D eigenvalue weighted by Gasteiger charge is -2.22. The molecule has 0 bridgehead atoms. The third-order valence-corrected chi connectivity index (χ3v) is 6.11. The van der Waals surface area contributed by atoms with E-state index in [1.807, 2.05) is 66.7 Å². The molecule has 38 heavy (non-hydrogen) atoms. The summed E-state index contributed by atoms with van der Waals surface area (Å²) in [7, 11) is 0. The molecule has 0 fully saturated rings. The molecule has 0 radical (unpaired) electrons. The van der Waals surface area contributed by atoms with Gasteiger partial charge in [-0.1, -0.05) is 72.8 Å². The third kappa shape index (κ3) is 11.6. The second-order valence-corrected chi connectivity index (χ2v) is 9.23. The average molecular weight is 521 g/mol. The van der Waals surface area contributed by atoms with Crippen LogP contribution >= 0.6 is 0 Å². The summed E-state index contributed by atoms with van der Waals surface area (Å²) in [4.78, 5) is 38.2. The molecule has 204 valence electrons. The number of hydrogen-bond acceptors (Lipinski definition) is 5. The van der Waals surface area contributed by atoms with Crippen molar-refractivity contribution < 1.29 is 24.2 Å². The minimum Gasteiger partial charge on any atom is -0.456 e. The quantitative estimate of drug-likeness (QED) is 0.153. The van der Waals surface area contributed by atoms with Crippen LogP contribution in [0, 0.1) is 5.92 Å². The van der Waals surface area contributed by atoms with Crippen LogP contribution in [0.3, 0.4) is 0 Å². The van der Waals surface area contributed by atoms with Crippen molar-refractivity contribution in [1.82, 2.24) is 10.6 Å². The van der Waals surface area contributed by atoms with Gasteiger partial charge in [-0.15, -0.1) is 13.2 Å². The van der Waals surface area contributed by atoms with Gasteiger partial charge in [-0.05, 0) is 43.2 Å². The Labute approximate surface area is 226 Å². The van der Waals surface area contributed by atoms with E-state index in [1.165, 1.54) is 0 Å². The summed E-state index contributed by atoms with van der Waals surface area (Å²) < 4.78 is 5.71. The Hall–Kier alpha value is -3.71. The Kier molecular flexibility index (Phi) is 14.2. The van der Waals surface area contributed by atoms with Crippen LogP contribution in [0.1, 0.15) is 55.8 Å². The fourth-order valence-electron chi connectivity index (χ4n) is 4.06. The highest BCUT2D eigenvalue weighted by molar-refractivity contribution is 5.86. The van der Waals surface area contributed by atoms with Gasteiger partial charge in [-0.25, -0.2) is 0 Å². The first kappa shape index (κ1) is 30.5. The standard InChI is InChI=1S/C31H40N2O5/c1-3-5-6-13-19-30(36)38-28(25-17-11-8-12-18-25)22-32-31(37)26(14-4-2)21-29(35)33-27(23-34)20-24-15-9-7-10-16-24/h3-4,7-12,15-18,26-28,34H,1-2,5-6,13-14,19-23H2,(H,32,37)(H,33,35)/t26-,27-,28-/m0/s1. The molecule has 3 N–H and O–H groups in total. The number of hydrogen-bond donors (Lipinski definition) is 3. The molecule has 2 aromatic carbocycles. The van der Waals surface area contributed by atoms with E-state index in [1.54, 1.807) is 6.08 Å². The fourth-order valence-corrected chi connectivity index (χ4v) is 4.06. The number of ether oxygens (including phenoxy) is 1. The molecule has 0 aliphatic rings. The second kappa shape index (κ2) is 17.7. The number of carbonyl (C=O) groups excluding carboxylic acids is 3. The predicted molar refractivity (Wildman–Crippen MR) is 149 cm³/mol. The second-order valence-electron chi connectivity index (χ2n) is 9.23. The van der Waals surface area contributed by atoms with Gasteiger partial charge in [0.1, 0.15) is 6.10 Å². The van der Waals surface area contributed by atoms with E-state index in [2.05, 4.69) is 23.8 Å². The number of amides is 2. The Morgan fingerprint density at radius 3 is 2.26 bits per heavy atom. The minimum absolute atomic E-state index is 0.0533. The lowest BCUT2D eigenvalue weighted by atomic mass is 9.98. The number of carbonyl (C=O) groups is 3. The average Bonchev–Trinajstić information content (AvgIpc) is 2.93. The van der Waals surface area contributed by atoms with Gasteiger partial charge in [0.05, 0.1) is 25.1 Å². The first-order valence-corrected chi connectivity index (χ1v) is 13.1. The van der Waals surface area contributed by atoms with Crippen LogP contribution in [-0.2, 0) is 25.5 Å². The van der Waals surface area contributed by atoms with Crippen molar-refractivity contribution in [1.29, 1.82) is 0 Å². The molecule has 7 nitrogen and oxygen atoms in total. The summed E-state index contributed by atoms with van der Waals surface area (Å²) in [6.45, 7) is 7.28. The molecule has 2 rings (SSSR count). The molecule has 0 aliphatic carbocycles. The van der Waals surface area contributed by atoms with Gasteiger partial charge >= 0.3 is 5.97 Å². The Bertz CT molecular complexity index is 1010. The van der Waals surface area contributed by atoms with E-state index >= 15 is 0 Å². The molecule has 0 saturated heterocycles. The van der Waals surface area contributed by atoms with E-state index in [-0.39, 0.29) is 37.4 Å². The summed E-state index contributed by atoms with van der Waals surface area (Å²) in [6.07, 6.45) is 6.21. The van der Waals surface area contributed by atoms with Crippen LogP contribution < -0.4 is 10.6 Å². The van der Waals surface area contributed by atoms with Crippen LogP contribution in [0.4, 0.5) is 0 Å². The van der Waals surface area contributed by atoms with Crippen LogP contribution in [0.2, 0.25) is 0 Å². The molecule has 2 amide bonds. The van der Waals surface area contributed by atoms with E-state index in [0.29, 0.717) is 25.7 Å². The molecule has 0 unspecified atom stereocenters. The molecule has 0 spiro atoms. The number of unbranched alkanes of at least 4 members (excludes halogenated alkanes) is 2. The SMILES string of the molecule is C=CCCCCC(=O)O[C@@H](CNC(=O)[C@@H](CC=C)CC(=O)N[C@H](CO)Cc1ccccc1)c1ccccc1. The number of aliphatic hydroxyl groups excluding tert-OH is 1. The Morgan fingerprint density at radius 2 is 1.63 bits per heavy atom. The van der Waals surface area contributed by atoms with Gasteiger partial charge in [-0.2, -0.15) is 0 Å². The molecular formula is C31H40N2O5. The third-order valence-electron chi connectivity index (χ3n) is 6.11. The van der Waals surface area contributed by atoms with Crippen molar-refractivity contribution >= 4 is 17.8 Å². The van der Waals surface area contributed by atoms with Crippen molar-refractivity contribution in [3.05, 3.63) is 97.1 Å². The van der Waals surface area contributed by atoms with E-state index in [4.69, 9.17) is 4.74 Å². The van der Waals surface area contributed by atoms with Gasteiger partial charge in [0.25, 0.3) is 0 Å². The Morgan fingerprint density at radius 1 is 0.947 bits per heavy atom. The van der Waals surface area contributed by atoms with Crippen molar-refractivity contribution in [3.63, 3.8) is 0 Å². The first-order chi connectivity index (χ1) is 18.5. The smallest absolute Gasteiger partial charge is 0.306 e. The maximum Gasteiger partial charge on any atom is 0.306 e. The van der Waals surface area contributed by atoms with Gasteiger partial charge in [0.2, 0.25) is 11.8 Å². The summed E-state index contributed by atoms with van der Waals surface area (Å²) in [5, 5.41) is 15.4. The summed E-state index contributed by atoms with van der Waals surface area (Å²) in [5.41, 5.74) is 1.77. The molecule has 0 heterocycles. The zero-order valence-corrected chi connectivity index (χ0v) is 22.0. The lowest BCUT2D eigenvalue weighted by Crippen LogP contribution is -2.42. The molecule has 2 aromatic rings. The predicted octanol–water partition coefficient (Wildman–Crippen LogP) is 4.44. The van der Waals surface area contributed by atoms with E-state index in [9.17, 15) is 19.5 Å². The fraction of sp³-hybridized carbons (Fsp3) is 0.387. The molecular weight excluding hydrogens is 480 g/mol. The zero-order valence-electron chi connectivity index (χ0n) is 22.0. The number of allylic oxidation sites excluding steroid dienone is 2. The topological polar surface area (TPSA) is 105 Å². The molecule has 0 aromatic heterocycles. The molecule has 0 aliphatic heterocycles. The maximum atomic E-state index is 13.0. The van der Waals surface area contributed by atoms with Crippen molar-refractivity contribution in [2.45, 2.75) is 57.1 Å². The highest BCUT2D eigenvalue weighted by Crippen LogP contribution is 2.19. The van der Waals surface area contributed by atoms with Crippen molar-refractivity contribution in [3.8, 4) is 0 Å². The largest absolute Gasteiger partial charge is 0.456 e. The van der Waals surface area contributed by atoms with Crippen LogP contribution in [0.5, 0.6) is 0 Å². The lowest BCUT2D eigenvalue weighted by molar-refractivity contribution is -0.150. The molecule has 0 saturated carbocycles. The summed E-state index contributed by atoms with van der Waals surface area (Å²) >= 11 is 0. The first-order valence-electron chi connectivity index (χ1n) is 13.1. The van der Waals surface area contributed by atoms with Crippen LogP contribution in [-0.4, -0.2) is 42.1 Å². The zero-order chi connectivity index (χ0) is 27.6. The highest BCUT2D eigenvalue weighted by Gasteiger charge is 2.24. The summed E-state index contributed by atoms with van der Waals surface area (Å²) in [6, 6.07) is 18.4. The van der Waals surface area contributed by atoms with Crippen molar-refractivity contribution in [2.24, 2.45) is 5.92 Å². The normalized spacial score (nSPS) is 13.0. The summed E-state index contributed by atoms with van der Waals surface area (Å²) in [5.74, 6) is -1.62. The van der Waals surface area contributed by atoms with Gasteiger partial charge in [0.15, 0.2) is 0 Å². The molecule has 3 atom stereocenters. The van der Waals surface area contributed by atoms with Gasteiger partial charge in [0, 0.05) is 12.8 Å². The highest BCUT2D eigenvalue weighted by atomic mass is 16.5. The van der Waals surface area contributed by atoms with E-state index < -0.39 is 18.1 Å². The number of esters is 1. The maximum absolute atomic E-state index is 13.0. The van der Waals surface area contributed by atoms with Crippen molar-refractivity contribution in [2.75, 3.05) is 13.2 Å². The minimum atomic E-state index is -0.644. The van der Waals surface area contributed by atoms with Crippen LogP contribution in [0.25, 0.3) is 0 Å². The number of aliphatic hydroxyl groups is 1. The van der Waals surface area contributed by atoms with Gasteiger partial charge in [-0.3, -0.25) is 14.4 Å². The number of nitrogens with one attached hydrogen (secondary N) is 2. The number of benzene rings is 2.